The number of benzene rings is 2. The Labute approximate surface area is 297 Å². The van der Waals surface area contributed by atoms with Gasteiger partial charge in [-0.2, -0.15) is 28.1 Å². The van der Waals surface area contributed by atoms with Gasteiger partial charge in [-0.3, -0.25) is 14.4 Å². The first-order valence-corrected chi connectivity index (χ1v) is 15.6. The molecule has 1 aliphatic rings. The van der Waals surface area contributed by atoms with Crippen LogP contribution in [0.3, 0.4) is 0 Å². The number of nitrogens with one attached hydrogen (secondary N) is 5. The van der Waals surface area contributed by atoms with Gasteiger partial charge in [0.15, 0.2) is 6.61 Å². The van der Waals surface area contributed by atoms with Crippen LogP contribution in [-0.4, -0.2) is 81.2 Å². The molecule has 0 spiro atoms. The van der Waals surface area contributed by atoms with Gasteiger partial charge in [-0.25, -0.2) is 9.78 Å². The number of pyridine rings is 1. The number of carboxylic acids is 1. The largest absolute Gasteiger partial charge is 0.481 e. The molecule has 1 fully saturated rings. The molecule has 1 atom stereocenters. The molecule has 4 aromatic rings. The normalized spacial score (nSPS) is 13.6. The van der Waals surface area contributed by atoms with E-state index in [1.54, 1.807) is 12.1 Å². The van der Waals surface area contributed by atoms with Gasteiger partial charge in [-0.1, -0.05) is 23.7 Å². The van der Waals surface area contributed by atoms with E-state index < -0.39 is 60.6 Å². The molecule has 2 aromatic heterocycles. The second-order valence-corrected chi connectivity index (χ2v) is 11.6. The van der Waals surface area contributed by atoms with Crippen LogP contribution in [-0.2, 0) is 19.9 Å². The molecular weight excluding hydrogens is 715 g/mol. The number of carbonyl (C=O) groups is 4. The van der Waals surface area contributed by atoms with Gasteiger partial charge in [0.25, 0.3) is 5.91 Å². The van der Waals surface area contributed by atoms with E-state index in [0.29, 0.717) is 23.6 Å². The number of nitrogens with zero attached hydrogens (tertiary/aromatic N) is 4. The first-order chi connectivity index (χ1) is 24.7. The molecule has 0 saturated heterocycles. The van der Waals surface area contributed by atoms with Crippen molar-refractivity contribution in [1.29, 1.82) is 0 Å². The average Bonchev–Trinajstić information content (AvgIpc) is 3.89. The maximum absolute atomic E-state index is 12.9. The van der Waals surface area contributed by atoms with Crippen molar-refractivity contribution in [3.05, 3.63) is 83.0 Å². The molecule has 5 rings (SSSR count). The topological polar surface area (TPSA) is 219 Å². The lowest BCUT2D eigenvalue weighted by Gasteiger charge is -2.19. The number of amides is 3. The van der Waals surface area contributed by atoms with Crippen molar-refractivity contribution in [2.75, 3.05) is 36.2 Å². The number of anilines is 4. The summed E-state index contributed by atoms with van der Waals surface area (Å²) in [6, 6.07) is 13.1. The first-order valence-electron chi connectivity index (χ1n) is 15.2. The molecule has 1 aliphatic carbocycles. The van der Waals surface area contributed by atoms with Gasteiger partial charge >= 0.3 is 30.0 Å². The van der Waals surface area contributed by atoms with Gasteiger partial charge in [-0.05, 0) is 60.9 Å². The van der Waals surface area contributed by atoms with E-state index in [9.17, 15) is 37.5 Å². The Morgan fingerprint density at radius 3 is 2.27 bits per heavy atom. The third-order valence-corrected chi connectivity index (χ3v) is 7.61. The van der Waals surface area contributed by atoms with E-state index in [1.165, 1.54) is 49.7 Å². The van der Waals surface area contributed by atoms with Gasteiger partial charge in [0.05, 0.1) is 12.6 Å². The van der Waals surface area contributed by atoms with Crippen LogP contribution in [0.1, 0.15) is 28.8 Å². The van der Waals surface area contributed by atoms with E-state index in [4.69, 9.17) is 21.1 Å². The first kappa shape index (κ1) is 37.0. The summed E-state index contributed by atoms with van der Waals surface area (Å²) >= 11 is 6.01. The highest BCUT2D eigenvalue weighted by Crippen LogP contribution is 2.48. The molecule has 6 N–H and O–H groups in total. The number of rotatable bonds is 14. The zero-order valence-corrected chi connectivity index (χ0v) is 27.7. The number of hydrogen-bond acceptors (Lipinski definition) is 12. The van der Waals surface area contributed by atoms with E-state index in [2.05, 4.69) is 46.5 Å². The minimum Gasteiger partial charge on any atom is -0.481 e. The van der Waals surface area contributed by atoms with Crippen molar-refractivity contribution in [1.82, 2.24) is 30.6 Å². The lowest BCUT2D eigenvalue weighted by atomic mass is 10.1. The van der Waals surface area contributed by atoms with Crippen molar-refractivity contribution in [2.45, 2.75) is 30.6 Å². The minimum absolute atomic E-state index is 0.0124. The van der Waals surface area contributed by atoms with Gasteiger partial charge in [0, 0.05) is 40.8 Å². The molecule has 2 aromatic carbocycles. The van der Waals surface area contributed by atoms with Crippen LogP contribution in [0.25, 0.3) is 0 Å². The fourth-order valence-electron chi connectivity index (χ4n) is 4.61. The Kier molecular flexibility index (Phi) is 11.2. The van der Waals surface area contributed by atoms with Crippen molar-refractivity contribution >= 4 is 58.6 Å². The van der Waals surface area contributed by atoms with Gasteiger partial charge in [0.2, 0.25) is 17.8 Å². The third kappa shape index (κ3) is 10.2. The summed E-state index contributed by atoms with van der Waals surface area (Å²) in [5.41, 5.74) is 0.820. The van der Waals surface area contributed by atoms with Crippen molar-refractivity contribution in [3.8, 4) is 11.9 Å². The molecule has 1 saturated carbocycles. The van der Waals surface area contributed by atoms with Crippen LogP contribution in [0.2, 0.25) is 5.02 Å². The lowest BCUT2D eigenvalue weighted by molar-refractivity contribution is -0.154. The number of halogens is 4. The van der Waals surface area contributed by atoms with E-state index in [1.807, 2.05) is 12.1 Å². The summed E-state index contributed by atoms with van der Waals surface area (Å²) in [5.74, 6) is -4.62. The number of carbonyl (C=O) groups excluding carboxylic acids is 3. The van der Waals surface area contributed by atoms with Crippen LogP contribution < -0.4 is 36.1 Å². The predicted octanol–water partition coefficient (Wildman–Crippen LogP) is 3.65. The molecule has 16 nitrogen and oxygen atoms in total. The highest BCUT2D eigenvalue weighted by molar-refractivity contribution is 6.39. The molecule has 52 heavy (non-hydrogen) atoms. The van der Waals surface area contributed by atoms with Crippen molar-refractivity contribution < 1.29 is 46.9 Å². The number of ether oxygens (including phenoxy) is 2. The minimum atomic E-state index is -4.65. The molecule has 20 heteroatoms. The number of aromatic nitrogens is 4. The third-order valence-electron chi connectivity index (χ3n) is 7.36. The summed E-state index contributed by atoms with van der Waals surface area (Å²) in [6.07, 6.45) is -1.93. The van der Waals surface area contributed by atoms with Crippen LogP contribution in [0.5, 0.6) is 11.9 Å². The quantitative estimate of drug-likeness (QED) is 0.102. The SMILES string of the molecule is COc1cc(NC(=O)C(=O)NC[C@H](NC(=O)c2ccc(Nc3nc(NC4(c5ccc(Cl)cc5)CC4)nc(OCC(F)(F)F)n3)cc2)C(=O)O)ccn1. The van der Waals surface area contributed by atoms with E-state index >= 15 is 0 Å². The zero-order valence-electron chi connectivity index (χ0n) is 27.0. The Hall–Kier alpha value is -6.24. The fraction of sp³-hybridized carbons (Fsp3) is 0.250. The van der Waals surface area contributed by atoms with Crippen LogP contribution in [0.15, 0.2) is 66.9 Å². The highest BCUT2D eigenvalue weighted by Gasteiger charge is 2.45. The van der Waals surface area contributed by atoms with Crippen molar-refractivity contribution in [3.63, 3.8) is 0 Å². The summed E-state index contributed by atoms with van der Waals surface area (Å²) in [5, 5.41) is 22.8. The van der Waals surface area contributed by atoms with Crippen LogP contribution in [0, 0.1) is 0 Å². The number of aliphatic carboxylic acids is 1. The molecular formula is C32H29ClF3N9O7. The summed E-state index contributed by atoms with van der Waals surface area (Å²) < 4.78 is 48.5. The average molecular weight is 744 g/mol. The Morgan fingerprint density at radius 1 is 0.942 bits per heavy atom. The summed E-state index contributed by atoms with van der Waals surface area (Å²) in [7, 11) is 1.37. The Bertz CT molecular complexity index is 1950. The maximum atomic E-state index is 12.9. The molecule has 0 aliphatic heterocycles. The molecule has 0 unspecified atom stereocenters. The Balaban J connectivity index is 1.22. The molecule has 3 amide bonds. The van der Waals surface area contributed by atoms with E-state index in [-0.39, 0.29) is 29.0 Å². The Morgan fingerprint density at radius 2 is 1.63 bits per heavy atom. The van der Waals surface area contributed by atoms with Gasteiger partial charge < -0.3 is 41.2 Å². The lowest BCUT2D eigenvalue weighted by Crippen LogP contribution is -2.50. The molecule has 2 heterocycles. The van der Waals surface area contributed by atoms with E-state index in [0.717, 1.165) is 5.56 Å². The van der Waals surface area contributed by atoms with Crippen molar-refractivity contribution in [2.24, 2.45) is 0 Å². The van der Waals surface area contributed by atoms with Gasteiger partial charge in [-0.15, -0.1) is 0 Å². The maximum Gasteiger partial charge on any atom is 0.422 e. The van der Waals surface area contributed by atoms with Crippen LogP contribution in [0.4, 0.5) is 36.4 Å². The fourth-order valence-corrected chi connectivity index (χ4v) is 4.74. The monoisotopic (exact) mass is 743 g/mol. The second kappa shape index (κ2) is 15.8. The zero-order chi connectivity index (χ0) is 37.5. The van der Waals surface area contributed by atoms with Crippen LogP contribution >= 0.6 is 11.6 Å². The second-order valence-electron chi connectivity index (χ2n) is 11.2. The van der Waals surface area contributed by atoms with Gasteiger partial charge in [0.1, 0.15) is 6.04 Å². The summed E-state index contributed by atoms with van der Waals surface area (Å²) in [4.78, 5) is 65.3. The number of alkyl halides is 3. The molecule has 272 valence electrons. The predicted molar refractivity (Wildman–Crippen MR) is 178 cm³/mol. The number of methoxy groups -OCH3 is 1. The number of carboxylic acid groups (broad SMARTS) is 1. The molecule has 0 radical (unpaired) electrons. The standard InChI is InChI=1S/C32H29ClF3N9O7/c1-51-23-14-21(10-13-37-23)39-26(48)25(47)38-15-22(27(49)50)41-24(46)17-2-8-20(9-3-17)40-28-42-29(44-30(43-28)52-16-32(34,35)36)45-31(11-12-31)18-4-6-19(33)7-5-18/h2-10,13-14,22H,11-12,15-16H2,1H3,(H,38,47)(H,41,46)(H,49,50)(H,37,39,48)(H2,40,42,43,44,45)/t22-/m0/s1. The molecule has 0 bridgehead atoms. The number of hydrogen-bond donors (Lipinski definition) is 6. The highest BCUT2D eigenvalue weighted by atomic mass is 35.5. The summed E-state index contributed by atoms with van der Waals surface area (Å²) in [6.45, 7) is -2.27. The smallest absolute Gasteiger partial charge is 0.422 e.